The number of nitrogens with one attached hydrogen (secondary N) is 2. The van der Waals surface area contributed by atoms with Crippen LogP contribution in [0, 0.1) is 0 Å². The van der Waals surface area contributed by atoms with Crippen molar-refractivity contribution in [2.24, 2.45) is 0 Å². The Labute approximate surface area is 169 Å². The molecule has 30 heavy (non-hydrogen) atoms. The maximum atomic E-state index is 13.0. The summed E-state index contributed by atoms with van der Waals surface area (Å²) in [5, 5.41) is 5.83. The number of urea groups is 1. The maximum absolute atomic E-state index is 13.0. The van der Waals surface area contributed by atoms with Crippen LogP contribution < -0.4 is 15.5 Å². The summed E-state index contributed by atoms with van der Waals surface area (Å²) < 4.78 is 39.1. The van der Waals surface area contributed by atoms with Gasteiger partial charge in [-0.3, -0.25) is 20.2 Å². The van der Waals surface area contributed by atoms with E-state index in [4.69, 9.17) is 0 Å². The molecule has 154 valence electrons. The Hall–Kier alpha value is -3.76. The largest absolute Gasteiger partial charge is 0.417 e. The molecule has 4 rings (SSSR count). The van der Waals surface area contributed by atoms with Gasteiger partial charge >= 0.3 is 12.2 Å². The molecule has 1 aliphatic heterocycles. The number of pyridine rings is 2. The highest BCUT2D eigenvalue weighted by Crippen LogP contribution is 2.33. The molecule has 0 radical (unpaired) electrons. The third kappa shape index (κ3) is 4.14. The first-order valence-electron chi connectivity index (χ1n) is 9.04. The summed E-state index contributed by atoms with van der Waals surface area (Å²) in [5.74, 6) is 0.586. The smallest absolute Gasteiger partial charge is 0.382 e. The van der Waals surface area contributed by atoms with Gasteiger partial charge in [0.2, 0.25) is 0 Å². The molecule has 2 N–H and O–H groups in total. The van der Waals surface area contributed by atoms with E-state index in [1.165, 1.54) is 29.7 Å². The lowest BCUT2D eigenvalue weighted by molar-refractivity contribution is -0.137. The number of fused-ring (bicyclic) bond motifs is 1. The normalized spacial score (nSPS) is 13.8. The fraction of sp³-hybridized carbons (Fsp3) is 0.211. The van der Waals surface area contributed by atoms with Gasteiger partial charge in [0.15, 0.2) is 11.6 Å². The van der Waals surface area contributed by atoms with Crippen LogP contribution in [0.2, 0.25) is 0 Å². The number of carbonyl (C=O) groups is 1. The highest BCUT2D eigenvalue weighted by Gasteiger charge is 2.31. The second kappa shape index (κ2) is 7.93. The minimum atomic E-state index is -4.51. The lowest BCUT2D eigenvalue weighted by Crippen LogP contribution is -2.36. The van der Waals surface area contributed by atoms with Gasteiger partial charge in [0.25, 0.3) is 0 Å². The highest BCUT2D eigenvalue weighted by molar-refractivity contribution is 6.02. The molecule has 3 aromatic heterocycles. The molecule has 0 saturated carbocycles. The summed E-state index contributed by atoms with van der Waals surface area (Å²) >= 11 is 0. The molecule has 0 saturated heterocycles. The predicted octanol–water partition coefficient (Wildman–Crippen LogP) is 3.81. The van der Waals surface area contributed by atoms with E-state index in [0.717, 1.165) is 12.3 Å². The predicted molar refractivity (Wildman–Crippen MR) is 104 cm³/mol. The van der Waals surface area contributed by atoms with E-state index in [2.05, 4.69) is 30.6 Å². The molecule has 0 aromatic carbocycles. The third-order valence-corrected chi connectivity index (χ3v) is 4.41. The van der Waals surface area contributed by atoms with Crippen molar-refractivity contribution < 1.29 is 18.0 Å². The van der Waals surface area contributed by atoms with Gasteiger partial charge in [-0.15, -0.1) is 0 Å². The first-order valence-corrected chi connectivity index (χ1v) is 9.04. The van der Waals surface area contributed by atoms with Crippen LogP contribution in [0.3, 0.4) is 0 Å². The van der Waals surface area contributed by atoms with E-state index in [1.807, 2.05) is 0 Å². The summed E-state index contributed by atoms with van der Waals surface area (Å²) in [6, 6.07) is 3.79. The Morgan fingerprint density at radius 1 is 1.13 bits per heavy atom. The highest BCUT2D eigenvalue weighted by atomic mass is 19.4. The average molecular weight is 415 g/mol. The minimum Gasteiger partial charge on any atom is -0.382 e. The van der Waals surface area contributed by atoms with Crippen LogP contribution in [-0.4, -0.2) is 39.1 Å². The number of aromatic nitrogens is 4. The molecule has 4 heterocycles. The van der Waals surface area contributed by atoms with Gasteiger partial charge in [-0.2, -0.15) is 13.2 Å². The first-order chi connectivity index (χ1) is 14.4. The van der Waals surface area contributed by atoms with Crippen molar-refractivity contribution >= 4 is 23.4 Å². The molecule has 1 aliphatic rings. The van der Waals surface area contributed by atoms with E-state index in [-0.39, 0.29) is 17.1 Å². The molecule has 0 spiro atoms. The first kappa shape index (κ1) is 19.6. The number of alkyl halides is 3. The number of amides is 2. The van der Waals surface area contributed by atoms with Gasteiger partial charge in [0.05, 0.1) is 23.1 Å². The fourth-order valence-electron chi connectivity index (χ4n) is 2.99. The second-order valence-corrected chi connectivity index (χ2v) is 6.48. The monoisotopic (exact) mass is 415 g/mol. The zero-order valence-corrected chi connectivity index (χ0v) is 15.5. The van der Waals surface area contributed by atoms with Crippen LogP contribution in [0.5, 0.6) is 0 Å². The van der Waals surface area contributed by atoms with E-state index in [1.54, 1.807) is 12.1 Å². The lowest BCUT2D eigenvalue weighted by atomic mass is 10.1. The van der Waals surface area contributed by atoms with Crippen LogP contribution >= 0.6 is 0 Å². The van der Waals surface area contributed by atoms with E-state index >= 15 is 0 Å². The average Bonchev–Trinajstić information content (AvgIpc) is 2.96. The van der Waals surface area contributed by atoms with Gasteiger partial charge in [-0.05, 0) is 24.6 Å². The minimum absolute atomic E-state index is 0.200. The molecular weight excluding hydrogens is 399 g/mol. The zero-order valence-electron chi connectivity index (χ0n) is 15.5. The number of halogens is 3. The van der Waals surface area contributed by atoms with Crippen molar-refractivity contribution in [1.29, 1.82) is 0 Å². The van der Waals surface area contributed by atoms with Crippen LogP contribution in [0.15, 0.2) is 49.2 Å². The Morgan fingerprint density at radius 2 is 2.00 bits per heavy atom. The van der Waals surface area contributed by atoms with Crippen LogP contribution in [0.1, 0.15) is 12.0 Å². The van der Waals surface area contributed by atoms with Crippen molar-refractivity contribution in [1.82, 2.24) is 19.9 Å². The van der Waals surface area contributed by atoms with Crippen LogP contribution in [-0.2, 0) is 6.18 Å². The van der Waals surface area contributed by atoms with Crippen molar-refractivity contribution in [2.75, 3.05) is 28.6 Å². The van der Waals surface area contributed by atoms with Crippen molar-refractivity contribution in [2.45, 2.75) is 12.6 Å². The second-order valence-electron chi connectivity index (χ2n) is 6.48. The Balaban J connectivity index is 1.69. The van der Waals surface area contributed by atoms with E-state index < -0.39 is 17.8 Å². The number of carbonyl (C=O) groups excluding carboxylic acids is 1. The van der Waals surface area contributed by atoms with Crippen molar-refractivity contribution in [3.8, 4) is 11.3 Å². The summed E-state index contributed by atoms with van der Waals surface area (Å²) in [7, 11) is 0. The summed E-state index contributed by atoms with van der Waals surface area (Å²) in [6.45, 7) is 0.984. The molecule has 11 heteroatoms. The molecule has 0 atom stereocenters. The fourth-order valence-corrected chi connectivity index (χ4v) is 2.99. The van der Waals surface area contributed by atoms with Gasteiger partial charge in [0.1, 0.15) is 0 Å². The van der Waals surface area contributed by atoms with Gasteiger partial charge < -0.3 is 5.32 Å². The number of hydrogen-bond acceptors (Lipinski definition) is 6. The molecule has 2 amide bonds. The van der Waals surface area contributed by atoms with E-state index in [9.17, 15) is 18.0 Å². The summed E-state index contributed by atoms with van der Waals surface area (Å²) in [6.07, 6.45) is 2.55. The topological polar surface area (TPSA) is 95.9 Å². The zero-order chi connectivity index (χ0) is 21.1. The molecular formula is C19H16F3N7O. The molecule has 0 bridgehead atoms. The quantitative estimate of drug-likeness (QED) is 0.661. The van der Waals surface area contributed by atoms with Gasteiger partial charge in [-0.1, -0.05) is 0 Å². The van der Waals surface area contributed by atoms with E-state index in [0.29, 0.717) is 31.0 Å². The van der Waals surface area contributed by atoms with Gasteiger partial charge in [-0.25, -0.2) is 14.8 Å². The van der Waals surface area contributed by atoms with Gasteiger partial charge in [0, 0.05) is 43.4 Å². The van der Waals surface area contributed by atoms with Crippen molar-refractivity contribution in [3.63, 3.8) is 0 Å². The number of anilines is 3. The van der Waals surface area contributed by atoms with Crippen LogP contribution in [0.25, 0.3) is 11.3 Å². The maximum Gasteiger partial charge on any atom is 0.417 e. The standard InChI is InChI=1S/C19H16F3N7O/c20-19(21,22)13-8-12(9-24-10-13)14-2-3-15-17(27-14)29(7-1-4-25-15)18(30)28-16-11-23-5-6-26-16/h2-3,5-6,8-11,25H,1,4,7H2,(H,26,28,30). The SMILES string of the molecule is O=C(Nc1cnccn1)N1CCCNc2ccc(-c3cncc(C(F)(F)F)c3)nc21. The lowest BCUT2D eigenvalue weighted by Gasteiger charge is -2.22. The molecule has 0 aliphatic carbocycles. The summed E-state index contributed by atoms with van der Waals surface area (Å²) in [4.78, 5) is 30.3. The van der Waals surface area contributed by atoms with Crippen LogP contribution in [0.4, 0.5) is 35.3 Å². The molecule has 3 aromatic rings. The third-order valence-electron chi connectivity index (χ3n) is 4.41. The molecule has 0 unspecified atom stereocenters. The summed E-state index contributed by atoms with van der Waals surface area (Å²) in [5.41, 5.74) is 0.206. The Bertz CT molecular complexity index is 1060. The Kier molecular flexibility index (Phi) is 5.17. The Morgan fingerprint density at radius 3 is 2.77 bits per heavy atom. The molecule has 0 fully saturated rings. The number of nitrogens with zero attached hydrogens (tertiary/aromatic N) is 5. The van der Waals surface area contributed by atoms with Crippen molar-refractivity contribution in [3.05, 3.63) is 54.7 Å². The number of hydrogen-bond donors (Lipinski definition) is 2. The number of rotatable bonds is 2. The molecule has 8 nitrogen and oxygen atoms in total.